The number of hydrogen-bond acceptors (Lipinski definition) is 6. The minimum atomic E-state index is 0.170. The zero-order chi connectivity index (χ0) is 19.5. The molecule has 0 bridgehead atoms. The van der Waals surface area contributed by atoms with E-state index in [2.05, 4.69) is 50.1 Å². The third-order valence-corrected chi connectivity index (χ3v) is 6.01. The van der Waals surface area contributed by atoms with Crippen molar-refractivity contribution in [1.82, 2.24) is 29.8 Å². The van der Waals surface area contributed by atoms with Crippen LogP contribution in [0.5, 0.6) is 0 Å². The van der Waals surface area contributed by atoms with Crippen LogP contribution < -0.4 is 10.2 Å². The second-order valence-electron chi connectivity index (χ2n) is 8.23. The maximum absolute atomic E-state index is 12.5. The third kappa shape index (κ3) is 4.27. The van der Waals surface area contributed by atoms with E-state index in [1.807, 2.05) is 4.52 Å². The van der Waals surface area contributed by atoms with Crippen molar-refractivity contribution in [1.29, 1.82) is 0 Å². The van der Waals surface area contributed by atoms with Gasteiger partial charge in [-0.25, -0.2) is 4.98 Å². The minimum absolute atomic E-state index is 0.170. The number of carbonyl (C=O) groups is 1. The van der Waals surface area contributed by atoms with Gasteiger partial charge in [0.05, 0.1) is 6.54 Å². The first-order chi connectivity index (χ1) is 13.6. The van der Waals surface area contributed by atoms with Crippen LogP contribution in [0.4, 0.5) is 5.82 Å². The van der Waals surface area contributed by atoms with E-state index in [1.165, 1.54) is 12.8 Å². The summed E-state index contributed by atoms with van der Waals surface area (Å²) in [5.41, 5.74) is 1.03. The van der Waals surface area contributed by atoms with Crippen LogP contribution in [0.1, 0.15) is 45.2 Å². The summed E-state index contributed by atoms with van der Waals surface area (Å²) >= 11 is 0. The van der Waals surface area contributed by atoms with E-state index in [-0.39, 0.29) is 5.91 Å². The lowest BCUT2D eigenvalue weighted by Gasteiger charge is -2.36. The van der Waals surface area contributed by atoms with E-state index in [0.717, 1.165) is 62.9 Å². The lowest BCUT2D eigenvalue weighted by atomic mass is 9.87. The number of anilines is 1. The van der Waals surface area contributed by atoms with Crippen molar-refractivity contribution < 1.29 is 4.79 Å². The predicted molar refractivity (Wildman–Crippen MR) is 108 cm³/mol. The maximum Gasteiger partial charge on any atom is 0.254 e. The van der Waals surface area contributed by atoms with E-state index < -0.39 is 0 Å². The largest absolute Gasteiger partial charge is 0.354 e. The number of fused-ring (bicyclic) bond motifs is 1. The van der Waals surface area contributed by atoms with Crippen LogP contribution in [-0.4, -0.2) is 69.2 Å². The highest BCUT2D eigenvalue weighted by Crippen LogP contribution is 2.23. The van der Waals surface area contributed by atoms with Crippen molar-refractivity contribution >= 4 is 17.5 Å². The standard InChI is InChI=1S/C20H31N7O/c1-3-16-12-19(27-20(24-16)21-14-22-27)26-9-7-25(8-10-26)13-18(28)23-17-6-4-5-15(2)11-17/h12,14-15,17H,3-11,13H2,1-2H3,(H,23,28). The molecule has 1 N–H and O–H groups in total. The van der Waals surface area contributed by atoms with Gasteiger partial charge in [-0.2, -0.15) is 14.6 Å². The van der Waals surface area contributed by atoms with Crippen molar-refractivity contribution in [2.75, 3.05) is 37.6 Å². The molecule has 0 radical (unpaired) electrons. The number of nitrogens with one attached hydrogen (secondary N) is 1. The molecule has 2 aliphatic rings. The van der Waals surface area contributed by atoms with Crippen molar-refractivity contribution in [2.24, 2.45) is 5.92 Å². The average Bonchev–Trinajstić information content (AvgIpc) is 3.16. The molecule has 1 amide bonds. The van der Waals surface area contributed by atoms with Crippen LogP contribution in [0.3, 0.4) is 0 Å². The van der Waals surface area contributed by atoms with Crippen LogP contribution in [0.25, 0.3) is 5.78 Å². The van der Waals surface area contributed by atoms with E-state index in [1.54, 1.807) is 6.33 Å². The molecule has 3 heterocycles. The highest BCUT2D eigenvalue weighted by Gasteiger charge is 2.24. The van der Waals surface area contributed by atoms with Gasteiger partial charge in [0.2, 0.25) is 5.91 Å². The average molecular weight is 386 g/mol. The molecule has 1 aliphatic carbocycles. The van der Waals surface area contributed by atoms with Crippen LogP contribution in [0.15, 0.2) is 12.4 Å². The molecular formula is C20H31N7O. The van der Waals surface area contributed by atoms with E-state index in [0.29, 0.717) is 18.4 Å². The van der Waals surface area contributed by atoms with Gasteiger partial charge >= 0.3 is 0 Å². The molecule has 2 fully saturated rings. The Bertz CT molecular complexity index is 812. The van der Waals surface area contributed by atoms with E-state index >= 15 is 0 Å². The number of piperazine rings is 1. The Labute approximate surface area is 166 Å². The van der Waals surface area contributed by atoms with Gasteiger partial charge in [0.15, 0.2) is 0 Å². The molecule has 152 valence electrons. The summed E-state index contributed by atoms with van der Waals surface area (Å²) in [6.07, 6.45) is 7.19. The quantitative estimate of drug-likeness (QED) is 0.840. The highest BCUT2D eigenvalue weighted by atomic mass is 16.2. The summed E-state index contributed by atoms with van der Waals surface area (Å²) in [4.78, 5) is 25.8. The fraction of sp³-hybridized carbons (Fsp3) is 0.700. The van der Waals surface area contributed by atoms with Gasteiger partial charge in [0.25, 0.3) is 5.78 Å². The number of rotatable bonds is 5. The molecule has 1 saturated carbocycles. The van der Waals surface area contributed by atoms with Gasteiger partial charge in [-0.1, -0.05) is 26.7 Å². The molecule has 8 heteroatoms. The lowest BCUT2D eigenvalue weighted by molar-refractivity contribution is -0.123. The zero-order valence-corrected chi connectivity index (χ0v) is 17.0. The Morgan fingerprint density at radius 1 is 1.25 bits per heavy atom. The molecular weight excluding hydrogens is 354 g/mol. The normalized spacial score (nSPS) is 23.9. The van der Waals surface area contributed by atoms with Gasteiger partial charge < -0.3 is 10.2 Å². The summed E-state index contributed by atoms with van der Waals surface area (Å²) in [5, 5.41) is 7.58. The summed E-state index contributed by atoms with van der Waals surface area (Å²) in [6.45, 7) is 8.36. The van der Waals surface area contributed by atoms with E-state index in [9.17, 15) is 4.79 Å². The second kappa shape index (κ2) is 8.43. The van der Waals surface area contributed by atoms with Gasteiger partial charge in [-0.15, -0.1) is 0 Å². The maximum atomic E-state index is 12.5. The monoisotopic (exact) mass is 385 g/mol. The second-order valence-corrected chi connectivity index (χ2v) is 8.23. The molecule has 2 aromatic heterocycles. The summed E-state index contributed by atoms with van der Waals surface area (Å²) in [5.74, 6) is 2.59. The van der Waals surface area contributed by atoms with Crippen LogP contribution in [0.2, 0.25) is 0 Å². The fourth-order valence-corrected chi connectivity index (χ4v) is 4.43. The van der Waals surface area contributed by atoms with Crippen molar-refractivity contribution in [2.45, 2.75) is 52.0 Å². The molecule has 1 aliphatic heterocycles. The Kier molecular flexibility index (Phi) is 5.75. The smallest absolute Gasteiger partial charge is 0.254 e. The lowest BCUT2D eigenvalue weighted by Crippen LogP contribution is -2.51. The third-order valence-electron chi connectivity index (χ3n) is 6.01. The number of aromatic nitrogens is 4. The summed E-state index contributed by atoms with van der Waals surface area (Å²) in [6, 6.07) is 2.47. The summed E-state index contributed by atoms with van der Waals surface area (Å²) < 4.78 is 1.81. The number of amides is 1. The molecule has 2 unspecified atom stereocenters. The molecule has 0 spiro atoms. The topological polar surface area (TPSA) is 78.7 Å². The Balaban J connectivity index is 1.32. The number of nitrogens with zero attached hydrogens (tertiary/aromatic N) is 6. The van der Waals surface area contributed by atoms with Gasteiger partial charge in [0, 0.05) is 44.0 Å². The predicted octanol–water partition coefficient (Wildman–Crippen LogP) is 1.50. The number of hydrogen-bond donors (Lipinski definition) is 1. The first-order valence-electron chi connectivity index (χ1n) is 10.6. The molecule has 0 aromatic carbocycles. The first kappa shape index (κ1) is 19.1. The molecule has 4 rings (SSSR count). The van der Waals surface area contributed by atoms with Crippen molar-refractivity contribution in [3.63, 3.8) is 0 Å². The Morgan fingerprint density at radius 2 is 2.07 bits per heavy atom. The Morgan fingerprint density at radius 3 is 2.82 bits per heavy atom. The zero-order valence-electron chi connectivity index (χ0n) is 17.0. The van der Waals surface area contributed by atoms with Crippen molar-refractivity contribution in [3.05, 3.63) is 18.1 Å². The van der Waals surface area contributed by atoms with Gasteiger partial charge in [-0.3, -0.25) is 9.69 Å². The SMILES string of the molecule is CCc1cc(N2CCN(CC(=O)NC3CCCC(C)C3)CC2)n2ncnc2n1. The highest BCUT2D eigenvalue weighted by molar-refractivity contribution is 5.78. The van der Waals surface area contributed by atoms with Crippen molar-refractivity contribution in [3.8, 4) is 0 Å². The van der Waals surface area contributed by atoms with Gasteiger partial charge in [-0.05, 0) is 25.2 Å². The number of aryl methyl sites for hydroxylation is 1. The number of carbonyl (C=O) groups excluding carboxylic acids is 1. The van der Waals surface area contributed by atoms with Gasteiger partial charge in [0.1, 0.15) is 12.1 Å². The summed E-state index contributed by atoms with van der Waals surface area (Å²) in [7, 11) is 0. The molecule has 1 saturated heterocycles. The molecule has 8 nitrogen and oxygen atoms in total. The van der Waals surface area contributed by atoms with Crippen LogP contribution >= 0.6 is 0 Å². The van der Waals surface area contributed by atoms with E-state index in [4.69, 9.17) is 0 Å². The minimum Gasteiger partial charge on any atom is -0.354 e. The molecule has 2 atom stereocenters. The first-order valence-corrected chi connectivity index (χ1v) is 10.6. The Hall–Kier alpha value is -2.22. The molecule has 2 aromatic rings. The van der Waals surface area contributed by atoms with Crippen LogP contribution in [-0.2, 0) is 11.2 Å². The fourth-order valence-electron chi connectivity index (χ4n) is 4.43. The molecule has 28 heavy (non-hydrogen) atoms. The van der Waals surface area contributed by atoms with Crippen LogP contribution in [0, 0.1) is 5.92 Å².